The maximum atomic E-state index is 11.0. The maximum absolute atomic E-state index is 11.0. The van der Waals surface area contributed by atoms with Crippen molar-refractivity contribution >= 4 is 23.0 Å². The van der Waals surface area contributed by atoms with Crippen molar-refractivity contribution in [1.29, 1.82) is 0 Å². The molecule has 7 heteroatoms. The summed E-state index contributed by atoms with van der Waals surface area (Å²) in [6, 6.07) is 3.59. The third-order valence-electron chi connectivity index (χ3n) is 4.65. The van der Waals surface area contributed by atoms with Crippen LogP contribution >= 0.6 is 11.3 Å². The number of fused-ring (bicyclic) bond motifs is 1. The van der Waals surface area contributed by atoms with Crippen molar-refractivity contribution in [2.24, 2.45) is 4.99 Å². The molecule has 0 aromatic carbocycles. The molecule has 2 aromatic rings. The lowest BCUT2D eigenvalue weighted by molar-refractivity contribution is 0.0702. The van der Waals surface area contributed by atoms with E-state index in [4.69, 9.17) is 10.1 Å². The van der Waals surface area contributed by atoms with Crippen LogP contribution in [0, 0.1) is 0 Å². The first kappa shape index (κ1) is 16.4. The summed E-state index contributed by atoms with van der Waals surface area (Å²) in [5.74, 6) is -0.0527. The van der Waals surface area contributed by atoms with Crippen LogP contribution < -0.4 is 0 Å². The fourth-order valence-corrected chi connectivity index (χ4v) is 4.22. The van der Waals surface area contributed by atoms with Crippen LogP contribution in [0.3, 0.4) is 0 Å². The average molecular weight is 356 g/mol. The number of hydrogen-bond acceptors (Lipinski definition) is 6. The topological polar surface area (TPSA) is 78.7 Å². The van der Waals surface area contributed by atoms with Crippen LogP contribution in [0.5, 0.6) is 0 Å². The summed E-state index contributed by atoms with van der Waals surface area (Å²) in [7, 11) is 0. The van der Waals surface area contributed by atoms with Crippen LogP contribution in [0.15, 0.2) is 23.3 Å². The Balaban J connectivity index is 1.46. The van der Waals surface area contributed by atoms with Gasteiger partial charge in [0.1, 0.15) is 4.88 Å². The Hall–Kier alpha value is -2.12. The zero-order chi connectivity index (χ0) is 17.2. The molecule has 2 aromatic heterocycles. The summed E-state index contributed by atoms with van der Waals surface area (Å²) in [5.41, 5.74) is 3.35. The van der Waals surface area contributed by atoms with Crippen molar-refractivity contribution in [3.63, 3.8) is 0 Å². The summed E-state index contributed by atoms with van der Waals surface area (Å²) in [6.45, 7) is 3.40. The minimum atomic E-state index is -0.855. The fraction of sp³-hybridized carbons (Fsp3) is 0.444. The molecule has 4 heterocycles. The highest BCUT2D eigenvalue weighted by Crippen LogP contribution is 2.23. The molecule has 0 bridgehead atoms. The smallest absolute Gasteiger partial charge is 0.345 e. The summed E-state index contributed by atoms with van der Waals surface area (Å²) < 4.78 is 0. The molecule has 0 spiro atoms. The van der Waals surface area contributed by atoms with E-state index in [-0.39, 0.29) is 0 Å². The molecule has 130 valence electrons. The second-order valence-electron chi connectivity index (χ2n) is 6.48. The Labute approximate surface area is 150 Å². The predicted octanol–water partition coefficient (Wildman–Crippen LogP) is 2.77. The highest BCUT2D eigenvalue weighted by Gasteiger charge is 2.21. The van der Waals surface area contributed by atoms with Gasteiger partial charge in [0.25, 0.3) is 0 Å². The first-order valence-electron chi connectivity index (χ1n) is 8.62. The van der Waals surface area contributed by atoms with Crippen molar-refractivity contribution < 1.29 is 9.90 Å². The minimum absolute atomic E-state index is 0.397. The second-order valence-corrected chi connectivity index (χ2v) is 7.65. The third kappa shape index (κ3) is 3.62. The zero-order valence-corrected chi connectivity index (χ0v) is 14.8. The van der Waals surface area contributed by atoms with E-state index in [1.807, 2.05) is 12.3 Å². The van der Waals surface area contributed by atoms with Gasteiger partial charge in [-0.2, -0.15) is 0 Å². The lowest BCUT2D eigenvalue weighted by Crippen LogP contribution is -2.31. The standard InChI is InChI=1S/C18H20N4O2S/c23-18(24)16-5-4-13(25-16)11-22-8-6-14-12(10-22)9-20-17(21-14)15-3-1-2-7-19-15/h4-5,9H,1-3,6-8,10-11H2,(H,23,24). The maximum Gasteiger partial charge on any atom is 0.345 e. The molecule has 0 fully saturated rings. The SMILES string of the molecule is O=C(O)c1ccc(CN2CCc3nc(C4=NCCCC4)ncc3C2)s1. The van der Waals surface area contributed by atoms with Gasteiger partial charge in [-0.3, -0.25) is 9.89 Å². The van der Waals surface area contributed by atoms with Gasteiger partial charge >= 0.3 is 5.97 Å². The quantitative estimate of drug-likeness (QED) is 0.911. The monoisotopic (exact) mass is 356 g/mol. The molecule has 2 aliphatic rings. The lowest BCUT2D eigenvalue weighted by atomic mass is 10.1. The normalized spacial score (nSPS) is 17.8. The Kier molecular flexibility index (Phi) is 4.59. The van der Waals surface area contributed by atoms with Gasteiger partial charge in [0.2, 0.25) is 0 Å². The van der Waals surface area contributed by atoms with Crippen LogP contribution in [0.4, 0.5) is 0 Å². The third-order valence-corrected chi connectivity index (χ3v) is 5.71. The van der Waals surface area contributed by atoms with Gasteiger partial charge in [-0.25, -0.2) is 14.8 Å². The molecule has 25 heavy (non-hydrogen) atoms. The lowest BCUT2D eigenvalue weighted by Gasteiger charge is -2.27. The predicted molar refractivity (Wildman–Crippen MR) is 96.4 cm³/mol. The first-order valence-corrected chi connectivity index (χ1v) is 9.43. The van der Waals surface area contributed by atoms with Crippen molar-refractivity contribution in [2.75, 3.05) is 13.1 Å². The van der Waals surface area contributed by atoms with E-state index in [0.717, 1.165) is 67.5 Å². The Morgan fingerprint density at radius 1 is 1.28 bits per heavy atom. The molecule has 6 nitrogen and oxygen atoms in total. The van der Waals surface area contributed by atoms with Crippen LogP contribution in [-0.2, 0) is 19.5 Å². The van der Waals surface area contributed by atoms with E-state index < -0.39 is 5.97 Å². The van der Waals surface area contributed by atoms with Gasteiger partial charge < -0.3 is 5.11 Å². The molecule has 2 aliphatic heterocycles. The van der Waals surface area contributed by atoms with E-state index >= 15 is 0 Å². The minimum Gasteiger partial charge on any atom is -0.477 e. The molecular formula is C18H20N4O2S. The van der Waals surface area contributed by atoms with Crippen LogP contribution in [0.1, 0.15) is 50.9 Å². The molecule has 0 amide bonds. The molecule has 0 saturated heterocycles. The number of nitrogens with zero attached hydrogens (tertiary/aromatic N) is 4. The Bertz CT molecular complexity index is 830. The zero-order valence-electron chi connectivity index (χ0n) is 13.9. The van der Waals surface area contributed by atoms with Crippen LogP contribution in [0.25, 0.3) is 0 Å². The van der Waals surface area contributed by atoms with Gasteiger partial charge in [0.05, 0.1) is 11.4 Å². The molecular weight excluding hydrogens is 336 g/mol. The van der Waals surface area contributed by atoms with Crippen molar-refractivity contribution in [3.05, 3.63) is 45.2 Å². The molecule has 0 atom stereocenters. The molecule has 4 rings (SSSR count). The molecule has 0 aliphatic carbocycles. The van der Waals surface area contributed by atoms with Crippen LogP contribution in [-0.4, -0.2) is 44.7 Å². The molecule has 0 radical (unpaired) electrons. The molecule has 0 unspecified atom stereocenters. The number of aliphatic imine (C=N–C) groups is 1. The number of rotatable bonds is 4. The van der Waals surface area contributed by atoms with Gasteiger partial charge in [0, 0.05) is 49.2 Å². The van der Waals surface area contributed by atoms with Gasteiger partial charge in [-0.05, 0) is 31.4 Å². The summed E-state index contributed by atoms with van der Waals surface area (Å²) >= 11 is 1.35. The number of aromatic nitrogens is 2. The number of carbonyl (C=O) groups is 1. The number of hydrogen-bond donors (Lipinski definition) is 1. The van der Waals surface area contributed by atoms with Crippen molar-refractivity contribution in [3.8, 4) is 0 Å². The largest absolute Gasteiger partial charge is 0.477 e. The number of carboxylic acid groups (broad SMARTS) is 1. The fourth-order valence-electron chi connectivity index (χ4n) is 3.33. The van der Waals surface area contributed by atoms with E-state index in [1.54, 1.807) is 6.07 Å². The van der Waals surface area contributed by atoms with Crippen molar-refractivity contribution in [2.45, 2.75) is 38.8 Å². The average Bonchev–Trinajstić information content (AvgIpc) is 3.11. The van der Waals surface area contributed by atoms with Gasteiger partial charge in [-0.1, -0.05) is 0 Å². The summed E-state index contributed by atoms with van der Waals surface area (Å²) in [6.07, 6.45) is 6.16. The molecule has 1 N–H and O–H groups in total. The van der Waals surface area contributed by atoms with Crippen LogP contribution in [0.2, 0.25) is 0 Å². The summed E-state index contributed by atoms with van der Waals surface area (Å²) in [4.78, 5) is 28.7. The Morgan fingerprint density at radius 2 is 2.20 bits per heavy atom. The van der Waals surface area contributed by atoms with E-state index in [2.05, 4.69) is 14.9 Å². The number of carboxylic acids is 1. The van der Waals surface area contributed by atoms with Gasteiger partial charge in [-0.15, -0.1) is 11.3 Å². The van der Waals surface area contributed by atoms with E-state index in [9.17, 15) is 4.79 Å². The Morgan fingerprint density at radius 3 is 2.96 bits per heavy atom. The number of thiophene rings is 1. The molecule has 0 saturated carbocycles. The number of aromatic carboxylic acids is 1. The highest BCUT2D eigenvalue weighted by molar-refractivity contribution is 7.13. The summed E-state index contributed by atoms with van der Waals surface area (Å²) in [5, 5.41) is 9.04. The van der Waals surface area contributed by atoms with E-state index in [1.165, 1.54) is 23.3 Å². The van der Waals surface area contributed by atoms with Gasteiger partial charge in [0.15, 0.2) is 5.82 Å². The van der Waals surface area contributed by atoms with Crippen molar-refractivity contribution in [1.82, 2.24) is 14.9 Å². The highest BCUT2D eigenvalue weighted by atomic mass is 32.1. The first-order chi connectivity index (χ1) is 12.2. The van der Waals surface area contributed by atoms with E-state index in [0.29, 0.717) is 4.88 Å². The second kappa shape index (κ2) is 7.01.